The van der Waals surface area contributed by atoms with Crippen LogP contribution >= 0.6 is 11.3 Å². The molecule has 0 N–H and O–H groups in total. The fraction of sp³-hybridized carbons (Fsp3) is 0.294. The number of ketones is 1. The Morgan fingerprint density at radius 2 is 1.84 bits per heavy atom. The maximum absolute atomic E-state index is 12.1. The lowest BCUT2D eigenvalue weighted by molar-refractivity contribution is -0.142. The minimum Gasteiger partial charge on any atom is -0.457 e. The van der Waals surface area contributed by atoms with Crippen molar-refractivity contribution in [3.8, 4) is 0 Å². The second-order valence-corrected chi connectivity index (χ2v) is 8.49. The zero-order valence-electron chi connectivity index (χ0n) is 14.0. The van der Waals surface area contributed by atoms with Crippen LogP contribution in [0.4, 0.5) is 5.69 Å². The molecular weight excluding hydrogens is 362 g/mol. The summed E-state index contributed by atoms with van der Waals surface area (Å²) < 4.78 is 29.1. The van der Waals surface area contributed by atoms with E-state index >= 15 is 0 Å². The first-order chi connectivity index (χ1) is 11.8. The molecule has 0 bridgehead atoms. The third-order valence-electron chi connectivity index (χ3n) is 3.57. The van der Waals surface area contributed by atoms with E-state index in [1.165, 1.54) is 31.3 Å². The fourth-order valence-electron chi connectivity index (χ4n) is 2.03. The van der Waals surface area contributed by atoms with Gasteiger partial charge in [-0.05, 0) is 42.1 Å². The van der Waals surface area contributed by atoms with Gasteiger partial charge in [-0.2, -0.15) is 0 Å². The highest BCUT2D eigenvalue weighted by molar-refractivity contribution is 7.92. The number of aryl methyl sites for hydroxylation is 1. The molecule has 0 radical (unpaired) electrons. The van der Waals surface area contributed by atoms with Gasteiger partial charge in [0.25, 0.3) is 0 Å². The molecule has 0 spiro atoms. The van der Waals surface area contributed by atoms with E-state index in [4.69, 9.17) is 4.74 Å². The summed E-state index contributed by atoms with van der Waals surface area (Å²) in [5, 5.41) is 1.94. The topological polar surface area (TPSA) is 80.8 Å². The van der Waals surface area contributed by atoms with Gasteiger partial charge in [0.1, 0.15) is 0 Å². The van der Waals surface area contributed by atoms with Gasteiger partial charge in [0, 0.05) is 17.5 Å². The monoisotopic (exact) mass is 381 g/mol. The molecule has 6 nitrogen and oxygen atoms in total. The lowest BCUT2D eigenvalue weighted by atomic mass is 10.1. The van der Waals surface area contributed by atoms with Crippen molar-refractivity contribution in [3.63, 3.8) is 0 Å². The van der Waals surface area contributed by atoms with Crippen LogP contribution in [0.3, 0.4) is 0 Å². The number of anilines is 1. The number of hydrogen-bond donors (Lipinski definition) is 0. The smallest absolute Gasteiger partial charge is 0.306 e. The number of Topliss-reactive ketones (excluding diaryl/α,β-unsaturated/α-hetero) is 1. The first-order valence-corrected chi connectivity index (χ1v) is 10.3. The van der Waals surface area contributed by atoms with Crippen LogP contribution < -0.4 is 4.31 Å². The van der Waals surface area contributed by atoms with E-state index in [9.17, 15) is 18.0 Å². The van der Waals surface area contributed by atoms with E-state index in [1.54, 1.807) is 11.3 Å². The molecular formula is C17H19NO5S2. The molecule has 0 saturated carbocycles. The van der Waals surface area contributed by atoms with Gasteiger partial charge in [-0.15, -0.1) is 11.3 Å². The molecule has 134 valence electrons. The Labute approximate surface area is 151 Å². The quantitative estimate of drug-likeness (QED) is 0.518. The van der Waals surface area contributed by atoms with Gasteiger partial charge in [0.05, 0.1) is 18.4 Å². The van der Waals surface area contributed by atoms with Crippen LogP contribution in [0.5, 0.6) is 0 Å². The van der Waals surface area contributed by atoms with Crippen molar-refractivity contribution in [1.82, 2.24) is 0 Å². The Morgan fingerprint density at radius 1 is 1.16 bits per heavy atom. The van der Waals surface area contributed by atoms with Crippen molar-refractivity contribution in [1.29, 1.82) is 0 Å². The van der Waals surface area contributed by atoms with Gasteiger partial charge in [-0.25, -0.2) is 8.42 Å². The van der Waals surface area contributed by atoms with Crippen molar-refractivity contribution in [3.05, 3.63) is 52.2 Å². The second kappa shape index (κ2) is 8.26. The largest absolute Gasteiger partial charge is 0.457 e. The van der Waals surface area contributed by atoms with Gasteiger partial charge in [-0.3, -0.25) is 13.9 Å². The standard InChI is InChI=1S/C17H19NO5S2/c1-18(25(2,21)22)14-7-5-13(6-8-14)16(19)12-23-17(20)10-9-15-4-3-11-24-15/h3-8,11H,9-10,12H2,1-2H3. The number of esters is 1. The fourth-order valence-corrected chi connectivity index (χ4v) is 3.24. The molecule has 0 fully saturated rings. The van der Waals surface area contributed by atoms with Crippen molar-refractivity contribution < 1.29 is 22.7 Å². The molecule has 0 unspecified atom stereocenters. The zero-order valence-corrected chi connectivity index (χ0v) is 15.6. The Morgan fingerprint density at radius 3 is 2.40 bits per heavy atom. The van der Waals surface area contributed by atoms with Crippen molar-refractivity contribution in [2.24, 2.45) is 0 Å². The lowest BCUT2D eigenvalue weighted by Gasteiger charge is -2.16. The highest BCUT2D eigenvalue weighted by atomic mass is 32.2. The van der Waals surface area contributed by atoms with E-state index in [0.717, 1.165) is 15.4 Å². The number of ether oxygens (including phenoxy) is 1. The van der Waals surface area contributed by atoms with E-state index in [-0.39, 0.29) is 18.8 Å². The summed E-state index contributed by atoms with van der Waals surface area (Å²) >= 11 is 1.57. The number of hydrogen-bond acceptors (Lipinski definition) is 6. The normalized spacial score (nSPS) is 11.1. The molecule has 0 atom stereocenters. The first-order valence-electron chi connectivity index (χ1n) is 7.52. The molecule has 1 aromatic carbocycles. The van der Waals surface area contributed by atoms with Crippen molar-refractivity contribution in [2.75, 3.05) is 24.2 Å². The van der Waals surface area contributed by atoms with Gasteiger partial charge in [-0.1, -0.05) is 6.07 Å². The van der Waals surface area contributed by atoms with Gasteiger partial charge in [0.15, 0.2) is 12.4 Å². The Hall–Kier alpha value is -2.19. The molecule has 8 heteroatoms. The molecule has 0 amide bonds. The summed E-state index contributed by atoms with van der Waals surface area (Å²) in [7, 11) is -1.92. The number of carbonyl (C=O) groups is 2. The number of rotatable bonds is 8. The highest BCUT2D eigenvalue weighted by Crippen LogP contribution is 2.17. The van der Waals surface area contributed by atoms with E-state index in [1.807, 2.05) is 17.5 Å². The second-order valence-electron chi connectivity index (χ2n) is 5.44. The summed E-state index contributed by atoms with van der Waals surface area (Å²) in [5.74, 6) is -0.756. The molecule has 2 aromatic rings. The van der Waals surface area contributed by atoms with Crippen LogP contribution in [0.15, 0.2) is 41.8 Å². The number of sulfonamides is 1. The number of thiophene rings is 1. The molecule has 0 aliphatic carbocycles. The summed E-state index contributed by atoms with van der Waals surface area (Å²) in [4.78, 5) is 24.8. The summed E-state index contributed by atoms with van der Waals surface area (Å²) in [5.41, 5.74) is 0.809. The molecule has 1 aromatic heterocycles. The first kappa shape index (κ1) is 19.1. The molecule has 0 aliphatic rings. The van der Waals surface area contributed by atoms with E-state index < -0.39 is 16.0 Å². The minimum absolute atomic E-state index is 0.228. The van der Waals surface area contributed by atoms with Gasteiger partial charge >= 0.3 is 5.97 Å². The third-order valence-corrected chi connectivity index (χ3v) is 5.71. The number of benzene rings is 1. The van der Waals surface area contributed by atoms with Crippen molar-refractivity contribution in [2.45, 2.75) is 12.8 Å². The molecule has 2 rings (SSSR count). The molecule has 0 saturated heterocycles. The summed E-state index contributed by atoms with van der Waals surface area (Å²) in [6.07, 6.45) is 1.92. The SMILES string of the molecule is CN(c1ccc(C(=O)COC(=O)CCc2cccs2)cc1)S(C)(=O)=O. The third kappa shape index (κ3) is 5.68. The Kier molecular flexibility index (Phi) is 6.33. The van der Waals surface area contributed by atoms with E-state index in [0.29, 0.717) is 17.7 Å². The average Bonchev–Trinajstić information content (AvgIpc) is 3.10. The molecule has 1 heterocycles. The van der Waals surface area contributed by atoms with E-state index in [2.05, 4.69) is 0 Å². The Balaban J connectivity index is 1.85. The summed E-state index contributed by atoms with van der Waals surface area (Å²) in [6.45, 7) is -0.329. The Bertz CT molecular complexity index is 826. The maximum Gasteiger partial charge on any atom is 0.306 e. The van der Waals surface area contributed by atoms with Crippen LogP contribution in [0.1, 0.15) is 21.7 Å². The zero-order chi connectivity index (χ0) is 18.4. The predicted molar refractivity (Wildman–Crippen MR) is 97.6 cm³/mol. The average molecular weight is 381 g/mol. The number of nitrogens with zero attached hydrogens (tertiary/aromatic N) is 1. The number of carbonyl (C=O) groups excluding carboxylic acids is 2. The minimum atomic E-state index is -3.36. The van der Waals surface area contributed by atoms with Crippen LogP contribution in [0.2, 0.25) is 0 Å². The molecule has 0 aliphatic heterocycles. The maximum atomic E-state index is 12.1. The van der Waals surface area contributed by atoms with Gasteiger partial charge in [0.2, 0.25) is 10.0 Å². The molecule has 25 heavy (non-hydrogen) atoms. The van der Waals surface area contributed by atoms with Gasteiger partial charge < -0.3 is 4.74 Å². The van der Waals surface area contributed by atoms with Crippen LogP contribution in [-0.4, -0.2) is 40.1 Å². The van der Waals surface area contributed by atoms with Crippen LogP contribution in [-0.2, 0) is 26.0 Å². The summed E-state index contributed by atoms with van der Waals surface area (Å²) in [6, 6.07) is 9.95. The predicted octanol–water partition coefficient (Wildman–Crippen LogP) is 2.50. The van der Waals surface area contributed by atoms with Crippen LogP contribution in [0.25, 0.3) is 0 Å². The highest BCUT2D eigenvalue weighted by Gasteiger charge is 2.14. The van der Waals surface area contributed by atoms with Crippen molar-refractivity contribution >= 4 is 38.8 Å². The lowest BCUT2D eigenvalue weighted by Crippen LogP contribution is -2.24. The van der Waals surface area contributed by atoms with Crippen LogP contribution in [0, 0.1) is 0 Å².